The van der Waals surface area contributed by atoms with Crippen LogP contribution in [0.25, 0.3) is 0 Å². The number of nitrogens with zero attached hydrogens (tertiary/aromatic N) is 1. The third kappa shape index (κ3) is 3.09. The van der Waals surface area contributed by atoms with Gasteiger partial charge in [-0.1, -0.05) is 17.7 Å². The molecule has 0 bridgehead atoms. The van der Waals surface area contributed by atoms with Gasteiger partial charge in [0.25, 0.3) is 11.6 Å². The predicted molar refractivity (Wildman–Crippen MR) is 74.1 cm³/mol. The molecule has 2 rings (SSSR count). The van der Waals surface area contributed by atoms with Gasteiger partial charge in [-0.3, -0.25) is 14.9 Å². The van der Waals surface area contributed by atoms with Gasteiger partial charge >= 0.3 is 0 Å². The highest BCUT2D eigenvalue weighted by Crippen LogP contribution is 2.27. The first-order valence-corrected chi connectivity index (χ1v) is 6.00. The minimum Gasteiger partial charge on any atom is -0.505 e. The predicted octanol–water partition coefficient (Wildman–Crippen LogP) is 3.35. The molecule has 6 nitrogen and oxygen atoms in total. The smallest absolute Gasteiger partial charge is 0.283 e. The number of nitro benzene ring substituents is 1. The molecule has 0 radical (unpaired) electrons. The number of phenolic OH excluding ortho intramolecular Hbond substituents is 1. The van der Waals surface area contributed by atoms with Crippen LogP contribution in [0, 0.1) is 15.9 Å². The maximum atomic E-state index is 13.2. The van der Waals surface area contributed by atoms with Gasteiger partial charge in [0.15, 0.2) is 11.6 Å². The summed E-state index contributed by atoms with van der Waals surface area (Å²) in [5.74, 6) is -2.35. The van der Waals surface area contributed by atoms with Crippen LogP contribution in [-0.4, -0.2) is 15.9 Å². The summed E-state index contributed by atoms with van der Waals surface area (Å²) in [5, 5.41) is 22.1. The van der Waals surface area contributed by atoms with Crippen LogP contribution in [0.4, 0.5) is 15.8 Å². The molecule has 21 heavy (non-hydrogen) atoms. The van der Waals surface area contributed by atoms with E-state index in [1.54, 1.807) is 0 Å². The molecule has 0 aliphatic rings. The zero-order valence-electron chi connectivity index (χ0n) is 10.3. The van der Waals surface area contributed by atoms with Crippen molar-refractivity contribution < 1.29 is 19.2 Å². The molecule has 2 N–H and O–H groups in total. The number of hydrogen-bond donors (Lipinski definition) is 2. The van der Waals surface area contributed by atoms with E-state index in [1.807, 2.05) is 0 Å². The average molecular weight is 311 g/mol. The normalized spacial score (nSPS) is 10.2. The zero-order valence-corrected chi connectivity index (χ0v) is 11.1. The van der Waals surface area contributed by atoms with E-state index in [2.05, 4.69) is 5.32 Å². The summed E-state index contributed by atoms with van der Waals surface area (Å²) in [7, 11) is 0. The van der Waals surface area contributed by atoms with Gasteiger partial charge in [0.1, 0.15) is 5.56 Å². The molecule has 2 aromatic carbocycles. The molecule has 0 spiro atoms. The molecule has 0 aliphatic heterocycles. The molecule has 0 heterocycles. The van der Waals surface area contributed by atoms with Gasteiger partial charge in [-0.15, -0.1) is 0 Å². The lowest BCUT2D eigenvalue weighted by atomic mass is 10.1. The van der Waals surface area contributed by atoms with Crippen LogP contribution < -0.4 is 5.32 Å². The second-order valence-corrected chi connectivity index (χ2v) is 4.42. The summed E-state index contributed by atoms with van der Waals surface area (Å²) >= 11 is 5.81. The topological polar surface area (TPSA) is 92.5 Å². The fourth-order valence-corrected chi connectivity index (χ4v) is 1.92. The molecule has 8 heteroatoms. The molecule has 1 amide bonds. The van der Waals surface area contributed by atoms with Crippen molar-refractivity contribution >= 4 is 28.9 Å². The van der Waals surface area contributed by atoms with Gasteiger partial charge in [-0.25, -0.2) is 4.39 Å². The van der Waals surface area contributed by atoms with E-state index in [-0.39, 0.29) is 16.3 Å². The SMILES string of the molecule is O=C(Nc1ccc(O)c(F)c1)c1c(Cl)cccc1[N+](=O)[O-]. The number of nitrogens with one attached hydrogen (secondary N) is 1. The first kappa shape index (κ1) is 14.7. The van der Waals surface area contributed by atoms with Crippen LogP contribution in [0.5, 0.6) is 5.75 Å². The molecule has 0 aromatic heterocycles. The minimum absolute atomic E-state index is 0.0320. The standard InChI is InChI=1S/C13H8ClFN2O4/c14-8-2-1-3-10(17(20)21)12(8)13(19)16-7-4-5-11(18)9(15)6-7/h1-6,18H,(H,16,19). The molecular formula is C13H8ClFN2O4. The van der Waals surface area contributed by atoms with Crippen molar-refractivity contribution in [2.75, 3.05) is 5.32 Å². The van der Waals surface area contributed by atoms with Gasteiger partial charge < -0.3 is 10.4 Å². The number of aromatic hydroxyl groups is 1. The summed E-state index contributed by atoms with van der Waals surface area (Å²) in [6.45, 7) is 0. The van der Waals surface area contributed by atoms with Crippen LogP contribution in [0.15, 0.2) is 36.4 Å². The molecule has 108 valence electrons. The zero-order chi connectivity index (χ0) is 15.6. The van der Waals surface area contributed by atoms with Gasteiger partial charge in [-0.05, 0) is 18.2 Å². The highest BCUT2D eigenvalue weighted by Gasteiger charge is 2.23. The number of amides is 1. The van der Waals surface area contributed by atoms with Crippen LogP contribution in [-0.2, 0) is 0 Å². The number of hydrogen-bond acceptors (Lipinski definition) is 4. The number of nitro groups is 1. The Hall–Kier alpha value is -2.67. The summed E-state index contributed by atoms with van der Waals surface area (Å²) in [5.41, 5.74) is -0.749. The average Bonchev–Trinajstić information content (AvgIpc) is 2.42. The molecule has 0 atom stereocenters. The van der Waals surface area contributed by atoms with Gasteiger partial charge in [-0.2, -0.15) is 0 Å². The Morgan fingerprint density at radius 2 is 2.05 bits per heavy atom. The summed E-state index contributed by atoms with van der Waals surface area (Å²) < 4.78 is 13.2. The third-order valence-corrected chi connectivity index (χ3v) is 2.94. The highest BCUT2D eigenvalue weighted by atomic mass is 35.5. The van der Waals surface area contributed by atoms with Gasteiger partial charge in [0, 0.05) is 17.8 Å². The third-order valence-electron chi connectivity index (χ3n) is 2.62. The molecule has 0 aliphatic carbocycles. The van der Waals surface area contributed by atoms with Gasteiger partial charge in [0.2, 0.25) is 0 Å². The monoisotopic (exact) mass is 310 g/mol. The Morgan fingerprint density at radius 1 is 1.33 bits per heavy atom. The van der Waals surface area contributed by atoms with E-state index in [0.29, 0.717) is 0 Å². The number of benzene rings is 2. The van der Waals surface area contributed by atoms with E-state index in [4.69, 9.17) is 16.7 Å². The summed E-state index contributed by atoms with van der Waals surface area (Å²) in [6.07, 6.45) is 0. The maximum absolute atomic E-state index is 13.2. The quantitative estimate of drug-likeness (QED) is 0.516. The van der Waals surface area contributed by atoms with E-state index in [9.17, 15) is 19.3 Å². The molecule has 0 fully saturated rings. The molecular weight excluding hydrogens is 303 g/mol. The van der Waals surface area contributed by atoms with Crippen molar-refractivity contribution in [2.45, 2.75) is 0 Å². The lowest BCUT2D eigenvalue weighted by Gasteiger charge is -2.07. The van der Waals surface area contributed by atoms with Crippen molar-refractivity contribution in [3.63, 3.8) is 0 Å². The van der Waals surface area contributed by atoms with Crippen molar-refractivity contribution in [2.24, 2.45) is 0 Å². The van der Waals surface area contributed by atoms with Crippen molar-refractivity contribution in [3.8, 4) is 5.75 Å². The van der Waals surface area contributed by atoms with E-state index in [0.717, 1.165) is 18.2 Å². The number of anilines is 1. The lowest BCUT2D eigenvalue weighted by molar-refractivity contribution is -0.385. The van der Waals surface area contributed by atoms with Crippen molar-refractivity contribution in [3.05, 3.63) is 62.9 Å². The fraction of sp³-hybridized carbons (Fsp3) is 0. The van der Waals surface area contributed by atoms with Crippen molar-refractivity contribution in [1.29, 1.82) is 0 Å². The number of carbonyl (C=O) groups is 1. The van der Waals surface area contributed by atoms with Crippen LogP contribution in [0.3, 0.4) is 0 Å². The Kier molecular flexibility index (Phi) is 4.04. The molecule has 0 saturated carbocycles. The number of phenols is 1. The first-order chi connectivity index (χ1) is 9.90. The maximum Gasteiger partial charge on any atom is 0.283 e. The Bertz CT molecular complexity index is 736. The minimum atomic E-state index is -0.929. The Labute approximate surface area is 122 Å². The lowest BCUT2D eigenvalue weighted by Crippen LogP contribution is -2.14. The molecule has 2 aromatic rings. The van der Waals surface area contributed by atoms with E-state index < -0.39 is 28.1 Å². The van der Waals surface area contributed by atoms with Crippen LogP contribution >= 0.6 is 11.6 Å². The number of halogens is 2. The van der Waals surface area contributed by atoms with E-state index in [1.165, 1.54) is 18.2 Å². The van der Waals surface area contributed by atoms with Crippen molar-refractivity contribution in [1.82, 2.24) is 0 Å². The van der Waals surface area contributed by atoms with E-state index >= 15 is 0 Å². The first-order valence-electron chi connectivity index (χ1n) is 5.63. The summed E-state index contributed by atoms with van der Waals surface area (Å²) in [4.78, 5) is 22.2. The fourth-order valence-electron chi connectivity index (χ4n) is 1.67. The highest BCUT2D eigenvalue weighted by molar-refractivity contribution is 6.35. The second-order valence-electron chi connectivity index (χ2n) is 4.01. The van der Waals surface area contributed by atoms with Crippen LogP contribution in [0.2, 0.25) is 5.02 Å². The Morgan fingerprint density at radius 3 is 2.67 bits per heavy atom. The summed E-state index contributed by atoms with van der Waals surface area (Å²) in [6, 6.07) is 7.00. The molecule has 0 saturated heterocycles. The largest absolute Gasteiger partial charge is 0.505 e. The number of carbonyl (C=O) groups excluding carboxylic acids is 1. The Balaban J connectivity index is 2.36. The molecule has 0 unspecified atom stereocenters. The van der Waals surface area contributed by atoms with Crippen LogP contribution in [0.1, 0.15) is 10.4 Å². The number of rotatable bonds is 3. The van der Waals surface area contributed by atoms with Gasteiger partial charge in [0.05, 0.1) is 9.95 Å². The second kappa shape index (κ2) is 5.76.